The maximum Gasteiger partial charge on any atom is 0.310 e. The Morgan fingerprint density at radius 1 is 1.35 bits per heavy atom. The summed E-state index contributed by atoms with van der Waals surface area (Å²) in [6.45, 7) is 4.46. The van der Waals surface area contributed by atoms with Crippen LogP contribution in [0.5, 0.6) is 0 Å². The number of aliphatic hydroxyl groups is 1. The highest BCUT2D eigenvalue weighted by Crippen LogP contribution is 2.32. The minimum Gasteiger partial charge on any atom is -0.481 e. The van der Waals surface area contributed by atoms with Crippen LogP contribution >= 0.6 is 0 Å². The summed E-state index contributed by atoms with van der Waals surface area (Å²) >= 11 is 0. The van der Waals surface area contributed by atoms with E-state index in [0.717, 1.165) is 0 Å². The fourth-order valence-corrected chi connectivity index (χ4v) is 2.25. The van der Waals surface area contributed by atoms with Crippen LogP contribution in [-0.4, -0.2) is 46.2 Å². The number of β-amino-alcohol motifs (C(OH)–C–C–N with tert-alkyl or cyclic N) is 1. The van der Waals surface area contributed by atoms with Crippen molar-refractivity contribution in [1.29, 1.82) is 0 Å². The molecule has 1 atom stereocenters. The first-order valence-electron chi connectivity index (χ1n) is 6.14. The van der Waals surface area contributed by atoms with Crippen molar-refractivity contribution in [2.24, 2.45) is 5.41 Å². The SMILES string of the molecule is CCC(CC)(CC(=O)N1CCC(O)C1)C(=O)O. The third kappa shape index (κ3) is 2.97. The number of amides is 1. The van der Waals surface area contributed by atoms with E-state index in [4.69, 9.17) is 0 Å². The number of carboxylic acid groups (broad SMARTS) is 1. The molecule has 0 aromatic heterocycles. The summed E-state index contributed by atoms with van der Waals surface area (Å²) < 4.78 is 0. The van der Waals surface area contributed by atoms with Crippen LogP contribution in [0.3, 0.4) is 0 Å². The van der Waals surface area contributed by atoms with Gasteiger partial charge in [0.25, 0.3) is 0 Å². The lowest BCUT2D eigenvalue weighted by Crippen LogP contribution is -2.38. The molecule has 1 unspecified atom stereocenters. The standard InChI is InChI=1S/C12H21NO4/c1-3-12(4-2,11(16)17)7-10(15)13-6-5-9(14)8-13/h9,14H,3-8H2,1-2H3,(H,16,17). The summed E-state index contributed by atoms with van der Waals surface area (Å²) in [7, 11) is 0. The molecule has 1 fully saturated rings. The molecule has 1 aliphatic heterocycles. The van der Waals surface area contributed by atoms with E-state index in [1.807, 2.05) is 0 Å². The largest absolute Gasteiger partial charge is 0.481 e. The van der Waals surface area contributed by atoms with Crippen LogP contribution in [0.2, 0.25) is 0 Å². The number of aliphatic hydroxyl groups excluding tert-OH is 1. The van der Waals surface area contributed by atoms with Crippen LogP contribution in [0.1, 0.15) is 39.5 Å². The Morgan fingerprint density at radius 2 is 1.94 bits per heavy atom. The van der Waals surface area contributed by atoms with Crippen molar-refractivity contribution < 1.29 is 19.8 Å². The van der Waals surface area contributed by atoms with Crippen molar-refractivity contribution in [3.8, 4) is 0 Å². The van der Waals surface area contributed by atoms with Gasteiger partial charge in [0.1, 0.15) is 0 Å². The van der Waals surface area contributed by atoms with E-state index < -0.39 is 17.5 Å². The Kier molecular flexibility index (Phi) is 4.51. The second-order valence-electron chi connectivity index (χ2n) is 4.75. The molecule has 98 valence electrons. The van der Waals surface area contributed by atoms with Crippen LogP contribution in [0.4, 0.5) is 0 Å². The van der Waals surface area contributed by atoms with Crippen LogP contribution in [-0.2, 0) is 9.59 Å². The van der Waals surface area contributed by atoms with Crippen molar-refractivity contribution >= 4 is 11.9 Å². The van der Waals surface area contributed by atoms with E-state index in [1.54, 1.807) is 18.7 Å². The molecular weight excluding hydrogens is 222 g/mol. The van der Waals surface area contributed by atoms with Crippen molar-refractivity contribution in [1.82, 2.24) is 4.90 Å². The molecule has 0 radical (unpaired) electrons. The van der Waals surface area contributed by atoms with Gasteiger partial charge >= 0.3 is 5.97 Å². The third-order valence-electron chi connectivity index (χ3n) is 3.81. The number of hydrogen-bond acceptors (Lipinski definition) is 3. The zero-order valence-electron chi connectivity index (χ0n) is 10.5. The van der Waals surface area contributed by atoms with E-state index >= 15 is 0 Å². The minimum absolute atomic E-state index is 0.0298. The average molecular weight is 243 g/mol. The van der Waals surface area contributed by atoms with Crippen LogP contribution < -0.4 is 0 Å². The fourth-order valence-electron chi connectivity index (χ4n) is 2.25. The summed E-state index contributed by atoms with van der Waals surface area (Å²) in [5.41, 5.74) is -0.954. The van der Waals surface area contributed by atoms with Crippen molar-refractivity contribution in [2.75, 3.05) is 13.1 Å². The molecule has 0 saturated carbocycles. The highest BCUT2D eigenvalue weighted by atomic mass is 16.4. The average Bonchev–Trinajstić information content (AvgIpc) is 2.72. The maximum absolute atomic E-state index is 12.0. The van der Waals surface area contributed by atoms with Gasteiger partial charge in [-0.05, 0) is 19.3 Å². The molecular formula is C12H21NO4. The van der Waals surface area contributed by atoms with E-state index in [2.05, 4.69) is 0 Å². The molecule has 0 aromatic carbocycles. The molecule has 0 aliphatic carbocycles. The number of hydrogen-bond donors (Lipinski definition) is 2. The van der Waals surface area contributed by atoms with Gasteiger partial charge in [-0.3, -0.25) is 9.59 Å². The van der Waals surface area contributed by atoms with Gasteiger partial charge in [0, 0.05) is 19.5 Å². The number of carboxylic acids is 1. The third-order valence-corrected chi connectivity index (χ3v) is 3.81. The highest BCUT2D eigenvalue weighted by Gasteiger charge is 2.39. The summed E-state index contributed by atoms with van der Waals surface area (Å²) in [4.78, 5) is 24.8. The summed E-state index contributed by atoms with van der Waals surface area (Å²) in [6.07, 6.45) is 1.05. The van der Waals surface area contributed by atoms with Gasteiger partial charge in [0.05, 0.1) is 11.5 Å². The predicted octanol–water partition coefficient (Wildman–Crippen LogP) is 0.861. The van der Waals surface area contributed by atoms with Crippen LogP contribution in [0, 0.1) is 5.41 Å². The first-order chi connectivity index (χ1) is 7.95. The summed E-state index contributed by atoms with van der Waals surface area (Å²) in [5.74, 6) is -1.07. The number of carbonyl (C=O) groups is 2. The Bertz CT molecular complexity index is 299. The van der Waals surface area contributed by atoms with Gasteiger partial charge in [0.2, 0.25) is 5.91 Å². The highest BCUT2D eigenvalue weighted by molar-refractivity contribution is 5.85. The number of rotatable bonds is 5. The van der Waals surface area contributed by atoms with Gasteiger partial charge in [-0.25, -0.2) is 0 Å². The first-order valence-corrected chi connectivity index (χ1v) is 6.14. The van der Waals surface area contributed by atoms with E-state index in [-0.39, 0.29) is 12.3 Å². The maximum atomic E-state index is 12.0. The molecule has 17 heavy (non-hydrogen) atoms. The van der Waals surface area contributed by atoms with Gasteiger partial charge in [0.15, 0.2) is 0 Å². The monoisotopic (exact) mass is 243 g/mol. The fraction of sp³-hybridized carbons (Fsp3) is 0.833. The van der Waals surface area contributed by atoms with Crippen LogP contribution in [0.15, 0.2) is 0 Å². The topological polar surface area (TPSA) is 77.8 Å². The predicted molar refractivity (Wildman–Crippen MR) is 62.5 cm³/mol. The normalized spacial score (nSPS) is 20.6. The lowest BCUT2D eigenvalue weighted by molar-refractivity contribution is -0.154. The molecule has 2 N–H and O–H groups in total. The van der Waals surface area contributed by atoms with E-state index in [9.17, 15) is 19.8 Å². The van der Waals surface area contributed by atoms with Crippen molar-refractivity contribution in [3.63, 3.8) is 0 Å². The second-order valence-corrected chi connectivity index (χ2v) is 4.75. The Morgan fingerprint density at radius 3 is 2.29 bits per heavy atom. The molecule has 0 bridgehead atoms. The molecule has 5 nitrogen and oxygen atoms in total. The zero-order valence-corrected chi connectivity index (χ0v) is 10.5. The number of nitrogens with zero attached hydrogens (tertiary/aromatic N) is 1. The van der Waals surface area contributed by atoms with E-state index in [0.29, 0.717) is 32.4 Å². The molecule has 0 spiro atoms. The number of carbonyl (C=O) groups excluding carboxylic acids is 1. The number of likely N-dealkylation sites (tertiary alicyclic amines) is 1. The summed E-state index contributed by atoms with van der Waals surface area (Å²) in [6, 6.07) is 0. The molecule has 0 aromatic rings. The number of aliphatic carboxylic acids is 1. The van der Waals surface area contributed by atoms with Crippen molar-refractivity contribution in [2.45, 2.75) is 45.6 Å². The minimum atomic E-state index is -0.954. The van der Waals surface area contributed by atoms with Crippen LogP contribution in [0.25, 0.3) is 0 Å². The molecule has 1 saturated heterocycles. The van der Waals surface area contributed by atoms with Crippen molar-refractivity contribution in [3.05, 3.63) is 0 Å². The molecule has 1 aliphatic rings. The Hall–Kier alpha value is -1.10. The van der Waals surface area contributed by atoms with E-state index in [1.165, 1.54) is 0 Å². The first kappa shape index (κ1) is 14.0. The Labute approximate surface area is 101 Å². The van der Waals surface area contributed by atoms with Gasteiger partial charge < -0.3 is 15.1 Å². The quantitative estimate of drug-likeness (QED) is 0.750. The molecule has 1 heterocycles. The molecule has 1 rings (SSSR count). The second kappa shape index (κ2) is 5.49. The lowest BCUT2D eigenvalue weighted by atomic mass is 9.79. The van der Waals surface area contributed by atoms with Gasteiger partial charge in [-0.15, -0.1) is 0 Å². The smallest absolute Gasteiger partial charge is 0.310 e. The Balaban J connectivity index is 2.68. The lowest BCUT2D eigenvalue weighted by Gasteiger charge is -2.28. The van der Waals surface area contributed by atoms with Gasteiger partial charge in [-0.2, -0.15) is 0 Å². The molecule has 1 amide bonds. The zero-order chi connectivity index (χ0) is 13.1. The summed E-state index contributed by atoms with van der Waals surface area (Å²) in [5, 5.41) is 18.6. The molecule has 5 heteroatoms. The van der Waals surface area contributed by atoms with Gasteiger partial charge in [-0.1, -0.05) is 13.8 Å².